The predicted octanol–water partition coefficient (Wildman–Crippen LogP) is 1.52. The molecule has 0 aromatic heterocycles. The maximum Gasteiger partial charge on any atom is 0.191 e. The van der Waals surface area contributed by atoms with E-state index < -0.39 is 5.72 Å². The molecule has 1 saturated heterocycles. The highest BCUT2D eigenvalue weighted by molar-refractivity contribution is 7.80. The van der Waals surface area contributed by atoms with Crippen molar-refractivity contribution in [2.24, 2.45) is 5.92 Å². The van der Waals surface area contributed by atoms with Crippen molar-refractivity contribution < 1.29 is 9.53 Å². The molecule has 0 amide bonds. The van der Waals surface area contributed by atoms with Crippen molar-refractivity contribution in [3.63, 3.8) is 0 Å². The summed E-state index contributed by atoms with van der Waals surface area (Å²) in [5.74, 6) is 0.587. The first-order chi connectivity index (χ1) is 8.51. The summed E-state index contributed by atoms with van der Waals surface area (Å²) in [5.41, 5.74) is 0.215. The van der Waals surface area contributed by atoms with Crippen molar-refractivity contribution >= 4 is 23.1 Å². The molecular formula is C13H14N2O2S. The number of nitrogens with one attached hydrogen (secondary N) is 2. The molecule has 0 spiro atoms. The molecule has 18 heavy (non-hydrogen) atoms. The van der Waals surface area contributed by atoms with Crippen LogP contribution in [0.25, 0.3) is 0 Å². The van der Waals surface area contributed by atoms with Crippen molar-refractivity contribution in [2.45, 2.75) is 25.6 Å². The Morgan fingerprint density at radius 3 is 2.89 bits per heavy atom. The summed E-state index contributed by atoms with van der Waals surface area (Å²) in [6.07, 6.45) is 0. The van der Waals surface area contributed by atoms with E-state index in [1.807, 2.05) is 31.2 Å². The number of ketones is 1. The highest BCUT2D eigenvalue weighted by Crippen LogP contribution is 2.44. The number of hydrogen-bond donors (Lipinski definition) is 2. The van der Waals surface area contributed by atoms with Gasteiger partial charge in [-0.3, -0.25) is 4.79 Å². The first-order valence-corrected chi connectivity index (χ1v) is 6.29. The number of hydrogen-bond acceptors (Lipinski definition) is 3. The second-order valence-electron chi connectivity index (χ2n) is 4.91. The minimum Gasteiger partial charge on any atom is -0.467 e. The molecule has 3 atom stereocenters. The fourth-order valence-corrected chi connectivity index (χ4v) is 3.24. The molecule has 1 aromatic rings. The fraction of sp³-hybridized carbons (Fsp3) is 0.385. The molecule has 3 rings (SSSR count). The number of ether oxygens (including phenoxy) is 1. The second kappa shape index (κ2) is 3.68. The number of rotatable bonds is 1. The smallest absolute Gasteiger partial charge is 0.191 e. The Labute approximate surface area is 111 Å². The number of benzene rings is 1. The van der Waals surface area contributed by atoms with Crippen LogP contribution in [0.1, 0.15) is 25.5 Å². The summed E-state index contributed by atoms with van der Waals surface area (Å²) in [7, 11) is 0. The molecule has 2 aliphatic heterocycles. The molecule has 1 fully saturated rings. The van der Waals surface area contributed by atoms with Crippen molar-refractivity contribution in [1.82, 2.24) is 10.6 Å². The second-order valence-corrected chi connectivity index (χ2v) is 5.32. The van der Waals surface area contributed by atoms with Crippen molar-refractivity contribution in [3.05, 3.63) is 29.8 Å². The lowest BCUT2D eigenvalue weighted by Crippen LogP contribution is -2.69. The average Bonchev–Trinajstić information content (AvgIpc) is 2.26. The van der Waals surface area contributed by atoms with Crippen molar-refractivity contribution in [1.29, 1.82) is 0 Å². The zero-order valence-corrected chi connectivity index (χ0v) is 11.0. The van der Waals surface area contributed by atoms with E-state index in [1.165, 1.54) is 0 Å². The molecule has 2 N–H and O–H groups in total. The molecule has 4 nitrogen and oxygen atoms in total. The van der Waals surface area contributed by atoms with Crippen molar-refractivity contribution in [2.75, 3.05) is 0 Å². The molecule has 2 bridgehead atoms. The van der Waals surface area contributed by atoms with Crippen LogP contribution in [0, 0.1) is 5.92 Å². The van der Waals surface area contributed by atoms with Crippen LogP contribution < -0.4 is 15.4 Å². The minimum atomic E-state index is -0.771. The molecule has 2 aliphatic rings. The molecule has 5 heteroatoms. The van der Waals surface area contributed by atoms with E-state index in [0.717, 1.165) is 11.3 Å². The van der Waals surface area contributed by atoms with E-state index in [2.05, 4.69) is 10.6 Å². The molecular weight excluding hydrogens is 248 g/mol. The van der Waals surface area contributed by atoms with Gasteiger partial charge in [0.15, 0.2) is 10.8 Å². The van der Waals surface area contributed by atoms with Crippen molar-refractivity contribution in [3.8, 4) is 5.75 Å². The Bertz CT molecular complexity index is 546. The van der Waals surface area contributed by atoms with Gasteiger partial charge in [-0.05, 0) is 32.1 Å². The van der Waals surface area contributed by atoms with Gasteiger partial charge < -0.3 is 15.4 Å². The highest BCUT2D eigenvalue weighted by atomic mass is 32.1. The van der Waals surface area contributed by atoms with E-state index in [1.54, 1.807) is 6.92 Å². The quantitative estimate of drug-likeness (QED) is 0.752. The number of thiocarbonyl (C=S) groups is 1. The summed E-state index contributed by atoms with van der Waals surface area (Å²) in [6.45, 7) is 3.46. The maximum absolute atomic E-state index is 11.9. The van der Waals surface area contributed by atoms with Gasteiger partial charge in [-0.25, -0.2) is 0 Å². The molecule has 0 unspecified atom stereocenters. The Morgan fingerprint density at radius 1 is 1.44 bits per heavy atom. The molecule has 0 saturated carbocycles. The lowest BCUT2D eigenvalue weighted by molar-refractivity contribution is -0.133. The van der Waals surface area contributed by atoms with Gasteiger partial charge in [-0.15, -0.1) is 0 Å². The van der Waals surface area contributed by atoms with E-state index in [0.29, 0.717) is 5.11 Å². The fourth-order valence-electron chi connectivity index (χ4n) is 2.91. The number of carbonyl (C=O) groups excluding carboxylic acids is 1. The first-order valence-electron chi connectivity index (χ1n) is 5.88. The Balaban J connectivity index is 2.17. The van der Waals surface area contributed by atoms with Gasteiger partial charge in [0.2, 0.25) is 0 Å². The summed E-state index contributed by atoms with van der Waals surface area (Å²) >= 11 is 5.19. The molecule has 1 aromatic carbocycles. The first kappa shape index (κ1) is 11.5. The molecule has 2 heterocycles. The Morgan fingerprint density at radius 2 is 2.17 bits per heavy atom. The number of fused-ring (bicyclic) bond motifs is 4. The Kier molecular flexibility index (Phi) is 2.35. The van der Waals surface area contributed by atoms with Gasteiger partial charge in [0.25, 0.3) is 0 Å². The highest BCUT2D eigenvalue weighted by Gasteiger charge is 2.53. The standard InChI is InChI=1S/C13H14N2O2S/c1-7(16)10-11-8-5-3-4-6-9(8)17-13(10,2)15-12(18)14-11/h3-6,10-11H,1-2H3,(H2,14,15,18)/t10-,11-,13+/m0/s1. The summed E-state index contributed by atoms with van der Waals surface area (Å²) in [6, 6.07) is 7.62. The third-order valence-electron chi connectivity index (χ3n) is 3.59. The van der Waals surface area contributed by atoms with E-state index >= 15 is 0 Å². The summed E-state index contributed by atoms with van der Waals surface area (Å²) in [4.78, 5) is 11.9. The number of para-hydroxylation sites is 1. The lowest BCUT2D eigenvalue weighted by atomic mass is 9.78. The normalized spacial score (nSPS) is 32.7. The van der Waals surface area contributed by atoms with E-state index in [9.17, 15) is 4.79 Å². The van der Waals surface area contributed by atoms with Crippen LogP contribution in [0.5, 0.6) is 5.75 Å². The SMILES string of the molecule is CC(=O)[C@H]1[C@H]2NC(=S)N[C@]1(C)Oc1ccccc12. The zero-order chi connectivity index (χ0) is 12.9. The minimum absolute atomic E-state index is 0.0829. The third kappa shape index (κ3) is 1.50. The van der Waals surface area contributed by atoms with Gasteiger partial charge in [-0.1, -0.05) is 18.2 Å². The average molecular weight is 262 g/mol. The van der Waals surface area contributed by atoms with Gasteiger partial charge in [-0.2, -0.15) is 0 Å². The number of Topliss-reactive ketones (excluding diaryl/α,β-unsaturated/α-hetero) is 1. The summed E-state index contributed by atoms with van der Waals surface area (Å²) in [5, 5.41) is 6.78. The van der Waals surface area contributed by atoms with E-state index in [4.69, 9.17) is 17.0 Å². The van der Waals surface area contributed by atoms with Crippen LogP contribution in [0.4, 0.5) is 0 Å². The van der Waals surface area contributed by atoms with Crippen LogP contribution in [-0.4, -0.2) is 16.6 Å². The Hall–Kier alpha value is -1.62. The monoisotopic (exact) mass is 262 g/mol. The van der Waals surface area contributed by atoms with Gasteiger partial charge in [0, 0.05) is 5.56 Å². The van der Waals surface area contributed by atoms with Crippen LogP contribution in [0.2, 0.25) is 0 Å². The molecule has 0 radical (unpaired) electrons. The van der Waals surface area contributed by atoms with Gasteiger partial charge in [0.1, 0.15) is 17.5 Å². The van der Waals surface area contributed by atoms with E-state index in [-0.39, 0.29) is 17.7 Å². The molecule has 0 aliphatic carbocycles. The van der Waals surface area contributed by atoms with Crippen LogP contribution in [-0.2, 0) is 4.79 Å². The maximum atomic E-state index is 11.9. The molecule has 94 valence electrons. The zero-order valence-electron chi connectivity index (χ0n) is 10.2. The van der Waals surface area contributed by atoms with Gasteiger partial charge in [0.05, 0.1) is 6.04 Å². The lowest BCUT2D eigenvalue weighted by Gasteiger charge is -2.50. The largest absolute Gasteiger partial charge is 0.467 e. The summed E-state index contributed by atoms with van der Waals surface area (Å²) < 4.78 is 5.98. The third-order valence-corrected chi connectivity index (χ3v) is 3.81. The number of carbonyl (C=O) groups is 1. The van der Waals surface area contributed by atoms with Crippen LogP contribution >= 0.6 is 12.2 Å². The van der Waals surface area contributed by atoms with Gasteiger partial charge >= 0.3 is 0 Å². The predicted molar refractivity (Wildman–Crippen MR) is 71.3 cm³/mol. The van der Waals surface area contributed by atoms with Crippen LogP contribution in [0.15, 0.2) is 24.3 Å². The van der Waals surface area contributed by atoms with Crippen LogP contribution in [0.3, 0.4) is 0 Å². The topological polar surface area (TPSA) is 50.4 Å².